The number of carbonyl (C=O) groups excluding carboxylic acids is 2. The molecule has 0 aliphatic rings. The summed E-state index contributed by atoms with van der Waals surface area (Å²) in [5.41, 5.74) is 0. The summed E-state index contributed by atoms with van der Waals surface area (Å²) in [6, 6.07) is 0. The van der Waals surface area contributed by atoms with Gasteiger partial charge < -0.3 is 10.6 Å². The van der Waals surface area contributed by atoms with Gasteiger partial charge >= 0.3 is 0 Å². The highest BCUT2D eigenvalue weighted by atomic mass is 16.2. The Hall–Kier alpha value is -1.58. The van der Waals surface area contributed by atoms with Crippen molar-refractivity contribution in [3.05, 3.63) is 24.3 Å². The van der Waals surface area contributed by atoms with Crippen molar-refractivity contribution in [2.24, 2.45) is 0 Å². The van der Waals surface area contributed by atoms with E-state index >= 15 is 0 Å². The molecule has 4 nitrogen and oxygen atoms in total. The van der Waals surface area contributed by atoms with Crippen molar-refractivity contribution in [3.8, 4) is 0 Å². The number of carbonyl (C=O) groups is 2. The molecule has 0 saturated carbocycles. The fraction of sp³-hybridized carbons (Fsp3) is 0.857. The van der Waals surface area contributed by atoms with Crippen molar-refractivity contribution >= 4 is 11.8 Å². The molecule has 0 aromatic heterocycles. The molecule has 4 heteroatoms. The van der Waals surface area contributed by atoms with E-state index in [2.05, 4.69) is 24.5 Å². The van der Waals surface area contributed by atoms with E-state index < -0.39 is 0 Å². The van der Waals surface area contributed by atoms with Crippen LogP contribution >= 0.6 is 0 Å². The van der Waals surface area contributed by atoms with Gasteiger partial charge in [0.25, 0.3) is 0 Å². The lowest BCUT2D eigenvalue weighted by Gasteiger charge is -2.04. The summed E-state index contributed by atoms with van der Waals surface area (Å²) in [4.78, 5) is 23.9. The largest absolute Gasteiger partial charge is 0.353 e. The van der Waals surface area contributed by atoms with E-state index in [1.807, 2.05) is 0 Å². The summed E-state index contributed by atoms with van der Waals surface area (Å²) < 4.78 is 0. The molecule has 0 aliphatic heterocycles. The maximum absolute atomic E-state index is 12.0. The number of amides is 2. The van der Waals surface area contributed by atoms with Crippen LogP contribution < -0.4 is 10.6 Å². The van der Waals surface area contributed by atoms with E-state index in [-0.39, 0.29) is 11.8 Å². The molecule has 0 unspecified atom stereocenters. The number of allylic oxidation sites excluding steroid dienone is 2. The van der Waals surface area contributed by atoms with Crippen LogP contribution in [0.25, 0.3) is 0 Å². The second-order valence-electron chi connectivity index (χ2n) is 13.9. The van der Waals surface area contributed by atoms with Gasteiger partial charge in [-0.3, -0.25) is 9.59 Å². The highest BCUT2D eigenvalue weighted by Crippen LogP contribution is 2.15. The molecule has 46 heavy (non-hydrogen) atoms. The zero-order chi connectivity index (χ0) is 33.4. The van der Waals surface area contributed by atoms with E-state index in [1.165, 1.54) is 205 Å². The van der Waals surface area contributed by atoms with E-state index in [0.717, 1.165) is 25.9 Å². The Balaban J connectivity index is 3.38. The number of hydrogen-bond donors (Lipinski definition) is 2. The standard InChI is InChI=1S/C42H80N2O2/c1-3-5-7-9-11-13-15-17-19-21-23-25-27-29-31-35-39-43-41(45)37-33-34-38-42(46)44-40-36-32-30-28-26-24-22-20-18-16-14-12-10-8-6-4-2/h33-34,37-38H,3-32,35-36,39-40H2,1-2H3,(H,43,45)(H,44,46)/b37-33+,38-34+. The van der Waals surface area contributed by atoms with Gasteiger partial charge in [-0.25, -0.2) is 0 Å². The smallest absolute Gasteiger partial charge is 0.243 e. The van der Waals surface area contributed by atoms with Gasteiger partial charge in [0.1, 0.15) is 0 Å². The summed E-state index contributed by atoms with van der Waals surface area (Å²) >= 11 is 0. The molecule has 0 spiro atoms. The number of hydrogen-bond acceptors (Lipinski definition) is 2. The molecule has 2 N–H and O–H groups in total. The van der Waals surface area contributed by atoms with Crippen molar-refractivity contribution < 1.29 is 9.59 Å². The Labute approximate surface area is 288 Å². The fourth-order valence-corrected chi connectivity index (χ4v) is 6.17. The monoisotopic (exact) mass is 645 g/mol. The molecule has 0 saturated heterocycles. The average molecular weight is 645 g/mol. The lowest BCUT2D eigenvalue weighted by molar-refractivity contribution is -0.117. The quantitative estimate of drug-likeness (QED) is 0.0401. The van der Waals surface area contributed by atoms with Crippen LogP contribution in [0.3, 0.4) is 0 Å². The van der Waals surface area contributed by atoms with Crippen LogP contribution in [0, 0.1) is 0 Å². The summed E-state index contributed by atoms with van der Waals surface area (Å²) in [6.45, 7) is 6.02. The molecular formula is C42H80N2O2. The SMILES string of the molecule is CCCCCCCCCCCCCCCCCCNC(=O)/C=C/C=C/C(=O)NCCCCCCCCCCCCCCCCCC. The maximum atomic E-state index is 12.0. The van der Waals surface area contributed by atoms with E-state index in [1.54, 1.807) is 12.2 Å². The molecule has 0 bridgehead atoms. The molecule has 0 aromatic rings. The lowest BCUT2D eigenvalue weighted by Crippen LogP contribution is -2.22. The minimum absolute atomic E-state index is 0.0841. The van der Waals surface area contributed by atoms with Gasteiger partial charge in [0, 0.05) is 25.2 Å². The maximum Gasteiger partial charge on any atom is 0.243 e. The van der Waals surface area contributed by atoms with Gasteiger partial charge in [0.2, 0.25) is 11.8 Å². The van der Waals surface area contributed by atoms with Crippen molar-refractivity contribution in [3.63, 3.8) is 0 Å². The average Bonchev–Trinajstić information content (AvgIpc) is 3.06. The van der Waals surface area contributed by atoms with Crippen LogP contribution in [0.2, 0.25) is 0 Å². The molecule has 2 amide bonds. The molecule has 270 valence electrons. The van der Waals surface area contributed by atoms with Gasteiger partial charge in [0.05, 0.1) is 0 Å². The minimum atomic E-state index is -0.0841. The van der Waals surface area contributed by atoms with Crippen LogP contribution in [0.1, 0.15) is 219 Å². The zero-order valence-electron chi connectivity index (χ0n) is 31.2. The Morgan fingerprint density at radius 1 is 0.326 bits per heavy atom. The zero-order valence-corrected chi connectivity index (χ0v) is 31.2. The van der Waals surface area contributed by atoms with Crippen molar-refractivity contribution in [2.75, 3.05) is 13.1 Å². The van der Waals surface area contributed by atoms with Crippen molar-refractivity contribution in [1.82, 2.24) is 10.6 Å². The first-order valence-corrected chi connectivity index (χ1v) is 20.6. The van der Waals surface area contributed by atoms with Crippen LogP contribution in [0.4, 0.5) is 0 Å². The van der Waals surface area contributed by atoms with Crippen LogP contribution in [0.5, 0.6) is 0 Å². The summed E-state index contributed by atoms with van der Waals surface area (Å²) in [5, 5.41) is 5.89. The van der Waals surface area contributed by atoms with E-state index in [0.29, 0.717) is 0 Å². The third-order valence-corrected chi connectivity index (χ3v) is 9.27. The van der Waals surface area contributed by atoms with Crippen molar-refractivity contribution in [1.29, 1.82) is 0 Å². The Morgan fingerprint density at radius 2 is 0.522 bits per heavy atom. The summed E-state index contributed by atoms with van der Waals surface area (Å²) in [6.07, 6.45) is 49.7. The first-order valence-electron chi connectivity index (χ1n) is 20.6. The Bertz CT molecular complexity index is 629. The third kappa shape index (κ3) is 38.6. The first-order chi connectivity index (χ1) is 22.7. The highest BCUT2D eigenvalue weighted by molar-refractivity contribution is 5.89. The lowest BCUT2D eigenvalue weighted by atomic mass is 10.0. The van der Waals surface area contributed by atoms with E-state index in [9.17, 15) is 9.59 Å². The Morgan fingerprint density at radius 3 is 0.739 bits per heavy atom. The number of nitrogens with one attached hydrogen (secondary N) is 2. The van der Waals surface area contributed by atoms with Gasteiger partial charge in [-0.15, -0.1) is 0 Å². The highest BCUT2D eigenvalue weighted by Gasteiger charge is 1.98. The molecular weight excluding hydrogens is 564 g/mol. The molecule has 0 atom stereocenters. The van der Waals surface area contributed by atoms with Crippen LogP contribution in [0.15, 0.2) is 24.3 Å². The van der Waals surface area contributed by atoms with Gasteiger partial charge in [-0.2, -0.15) is 0 Å². The minimum Gasteiger partial charge on any atom is -0.353 e. The fourth-order valence-electron chi connectivity index (χ4n) is 6.17. The number of rotatable bonds is 37. The number of unbranched alkanes of at least 4 members (excludes halogenated alkanes) is 30. The predicted molar refractivity (Wildman–Crippen MR) is 203 cm³/mol. The molecule has 0 radical (unpaired) electrons. The molecule has 0 aromatic carbocycles. The summed E-state index contributed by atoms with van der Waals surface area (Å²) in [5.74, 6) is -0.168. The molecule has 0 rings (SSSR count). The van der Waals surface area contributed by atoms with E-state index in [4.69, 9.17) is 0 Å². The Kier molecular flexibility index (Phi) is 38.2. The summed E-state index contributed by atoms with van der Waals surface area (Å²) in [7, 11) is 0. The second-order valence-corrected chi connectivity index (χ2v) is 13.9. The normalized spacial score (nSPS) is 11.6. The molecule has 0 heterocycles. The van der Waals surface area contributed by atoms with Crippen LogP contribution in [-0.4, -0.2) is 24.9 Å². The first kappa shape index (κ1) is 44.4. The van der Waals surface area contributed by atoms with Gasteiger partial charge in [-0.05, 0) is 12.8 Å². The van der Waals surface area contributed by atoms with Gasteiger partial charge in [0.15, 0.2) is 0 Å². The van der Waals surface area contributed by atoms with Crippen molar-refractivity contribution in [2.45, 2.75) is 219 Å². The topological polar surface area (TPSA) is 58.2 Å². The third-order valence-electron chi connectivity index (χ3n) is 9.27. The second kappa shape index (κ2) is 39.6. The molecule has 0 aliphatic carbocycles. The molecule has 0 fully saturated rings. The van der Waals surface area contributed by atoms with Gasteiger partial charge in [-0.1, -0.05) is 219 Å². The predicted octanol–water partition coefficient (Wildman–Crippen LogP) is 12.9. The van der Waals surface area contributed by atoms with Crippen LogP contribution in [-0.2, 0) is 9.59 Å².